The molecule has 0 aromatic heterocycles. The minimum atomic E-state index is 0.134. The van der Waals surface area contributed by atoms with Crippen LogP contribution < -0.4 is 5.32 Å². The lowest BCUT2D eigenvalue weighted by atomic mass is 9.94. The van der Waals surface area contributed by atoms with Crippen LogP contribution in [0.15, 0.2) is 12.1 Å². The molecule has 0 heterocycles. The second kappa shape index (κ2) is 5.46. The summed E-state index contributed by atoms with van der Waals surface area (Å²) >= 11 is 0. The Morgan fingerprint density at radius 3 is 2.06 bits per heavy atom. The molecule has 0 amide bonds. The minimum Gasteiger partial charge on any atom is -0.395 e. The van der Waals surface area contributed by atoms with Crippen LogP contribution >= 0.6 is 0 Å². The van der Waals surface area contributed by atoms with Crippen molar-refractivity contribution in [1.29, 1.82) is 0 Å². The highest BCUT2D eigenvalue weighted by molar-refractivity contribution is 5.39. The topological polar surface area (TPSA) is 32.3 Å². The van der Waals surface area contributed by atoms with E-state index in [4.69, 9.17) is 5.11 Å². The van der Waals surface area contributed by atoms with Crippen molar-refractivity contribution in [1.82, 2.24) is 5.32 Å². The summed E-state index contributed by atoms with van der Waals surface area (Å²) in [5, 5.41) is 12.4. The lowest BCUT2D eigenvalue weighted by molar-refractivity contribution is 0.243. The van der Waals surface area contributed by atoms with Gasteiger partial charge in [-0.05, 0) is 51.3 Å². The molecule has 1 aromatic rings. The van der Waals surface area contributed by atoms with E-state index in [2.05, 4.69) is 45.1 Å². The normalized spacial score (nSPS) is 14.9. The van der Waals surface area contributed by atoms with Gasteiger partial charge in [-0.25, -0.2) is 0 Å². The van der Waals surface area contributed by atoms with Gasteiger partial charge in [0.2, 0.25) is 0 Å². The van der Waals surface area contributed by atoms with E-state index >= 15 is 0 Å². The third kappa shape index (κ3) is 3.06. The Hall–Kier alpha value is -0.860. The maximum atomic E-state index is 9.05. The first kappa shape index (κ1) is 13.2. The van der Waals surface area contributed by atoms with Crippen LogP contribution in [-0.4, -0.2) is 17.8 Å². The second-order valence-electron chi connectivity index (χ2n) is 4.78. The molecule has 0 fully saturated rings. The molecule has 2 nitrogen and oxygen atoms in total. The lowest BCUT2D eigenvalue weighted by Crippen LogP contribution is -2.32. The predicted molar refractivity (Wildman–Crippen MR) is 68.8 cm³/mol. The first-order chi connectivity index (χ1) is 7.45. The van der Waals surface area contributed by atoms with Crippen LogP contribution in [0.2, 0.25) is 0 Å². The molecule has 0 aliphatic rings. The largest absolute Gasteiger partial charge is 0.395 e. The van der Waals surface area contributed by atoms with Gasteiger partial charge < -0.3 is 10.4 Å². The van der Waals surface area contributed by atoms with Crippen LogP contribution in [0.3, 0.4) is 0 Å². The van der Waals surface area contributed by atoms with Crippen molar-refractivity contribution in [3.63, 3.8) is 0 Å². The Morgan fingerprint density at radius 2 is 1.62 bits per heavy atom. The average Bonchev–Trinajstić information content (AvgIpc) is 2.15. The third-order valence-corrected chi connectivity index (χ3v) is 2.98. The molecule has 1 aromatic carbocycles. The zero-order valence-corrected chi connectivity index (χ0v) is 11.0. The highest BCUT2D eigenvalue weighted by Gasteiger charge is 2.13. The van der Waals surface area contributed by atoms with Crippen molar-refractivity contribution in [3.8, 4) is 0 Å². The van der Waals surface area contributed by atoms with E-state index in [-0.39, 0.29) is 18.7 Å². The van der Waals surface area contributed by atoms with E-state index in [1.54, 1.807) is 0 Å². The summed E-state index contributed by atoms with van der Waals surface area (Å²) in [4.78, 5) is 0. The molecule has 0 spiro atoms. The maximum Gasteiger partial charge on any atom is 0.0582 e. The molecular weight excluding hydrogens is 198 g/mol. The molecule has 0 aliphatic heterocycles. The SMILES string of the molecule is Cc1cc(C)c(C(C)NC(C)CO)c(C)c1. The van der Waals surface area contributed by atoms with Gasteiger partial charge in [-0.3, -0.25) is 0 Å². The average molecular weight is 221 g/mol. The first-order valence-electron chi connectivity index (χ1n) is 5.90. The number of rotatable bonds is 4. The molecule has 2 heteroatoms. The number of hydrogen-bond donors (Lipinski definition) is 2. The third-order valence-electron chi connectivity index (χ3n) is 2.98. The van der Waals surface area contributed by atoms with Crippen LogP contribution in [0.1, 0.15) is 42.1 Å². The molecule has 0 bridgehead atoms. The molecule has 0 saturated carbocycles. The highest BCUT2D eigenvalue weighted by atomic mass is 16.3. The Labute approximate surface area is 98.7 Å². The smallest absolute Gasteiger partial charge is 0.0582 e. The molecule has 0 saturated heterocycles. The quantitative estimate of drug-likeness (QED) is 0.819. The molecule has 2 N–H and O–H groups in total. The minimum absolute atomic E-state index is 0.134. The molecule has 2 atom stereocenters. The molecule has 2 unspecified atom stereocenters. The fraction of sp³-hybridized carbons (Fsp3) is 0.571. The Morgan fingerprint density at radius 1 is 1.12 bits per heavy atom. The van der Waals surface area contributed by atoms with Gasteiger partial charge in [-0.2, -0.15) is 0 Å². The van der Waals surface area contributed by atoms with Crippen LogP contribution in [0, 0.1) is 20.8 Å². The van der Waals surface area contributed by atoms with Crippen molar-refractivity contribution in [3.05, 3.63) is 34.4 Å². The number of nitrogens with one attached hydrogen (secondary N) is 1. The number of aliphatic hydroxyl groups is 1. The van der Waals surface area contributed by atoms with E-state index in [1.807, 2.05) is 6.92 Å². The van der Waals surface area contributed by atoms with E-state index in [0.717, 1.165) is 0 Å². The molecule has 1 rings (SSSR count). The standard InChI is InChI=1S/C14H23NO/c1-9-6-10(2)14(11(3)7-9)13(5)15-12(4)8-16/h6-7,12-13,15-16H,8H2,1-5H3. The summed E-state index contributed by atoms with van der Waals surface area (Å²) in [6, 6.07) is 4.84. The summed E-state index contributed by atoms with van der Waals surface area (Å²) in [5.41, 5.74) is 5.30. The number of aliphatic hydroxyl groups excluding tert-OH is 1. The number of benzene rings is 1. The molecule has 0 radical (unpaired) electrons. The summed E-state index contributed by atoms with van der Waals surface area (Å²) < 4.78 is 0. The molecule has 0 aliphatic carbocycles. The van der Waals surface area contributed by atoms with Gasteiger partial charge in [0.1, 0.15) is 0 Å². The van der Waals surface area contributed by atoms with Gasteiger partial charge in [-0.15, -0.1) is 0 Å². The van der Waals surface area contributed by atoms with E-state index in [0.29, 0.717) is 0 Å². The molecule has 16 heavy (non-hydrogen) atoms. The van der Waals surface area contributed by atoms with E-state index in [9.17, 15) is 0 Å². The van der Waals surface area contributed by atoms with E-state index in [1.165, 1.54) is 22.3 Å². The summed E-state index contributed by atoms with van der Waals surface area (Å²) in [6.07, 6.45) is 0. The molecular formula is C14H23NO. The van der Waals surface area contributed by atoms with Crippen LogP contribution in [0.4, 0.5) is 0 Å². The molecule has 90 valence electrons. The van der Waals surface area contributed by atoms with Crippen molar-refractivity contribution < 1.29 is 5.11 Å². The zero-order chi connectivity index (χ0) is 12.3. The fourth-order valence-corrected chi connectivity index (χ4v) is 2.44. The van der Waals surface area contributed by atoms with Gasteiger partial charge in [0, 0.05) is 12.1 Å². The van der Waals surface area contributed by atoms with Crippen molar-refractivity contribution in [2.24, 2.45) is 0 Å². The number of aryl methyl sites for hydroxylation is 3. The van der Waals surface area contributed by atoms with Gasteiger partial charge in [0.05, 0.1) is 6.61 Å². The predicted octanol–water partition coefficient (Wildman–Crippen LogP) is 2.64. The van der Waals surface area contributed by atoms with Crippen LogP contribution in [0.5, 0.6) is 0 Å². The van der Waals surface area contributed by atoms with Crippen LogP contribution in [0.25, 0.3) is 0 Å². The second-order valence-corrected chi connectivity index (χ2v) is 4.78. The van der Waals surface area contributed by atoms with Gasteiger partial charge >= 0.3 is 0 Å². The van der Waals surface area contributed by atoms with Crippen molar-refractivity contribution in [2.75, 3.05) is 6.61 Å². The van der Waals surface area contributed by atoms with Gasteiger partial charge in [-0.1, -0.05) is 17.7 Å². The maximum absolute atomic E-state index is 9.05. The monoisotopic (exact) mass is 221 g/mol. The van der Waals surface area contributed by atoms with Crippen LogP contribution in [-0.2, 0) is 0 Å². The zero-order valence-electron chi connectivity index (χ0n) is 11.0. The number of hydrogen-bond acceptors (Lipinski definition) is 2. The summed E-state index contributed by atoms with van der Waals surface area (Å²) in [5.74, 6) is 0. The lowest BCUT2D eigenvalue weighted by Gasteiger charge is -2.22. The van der Waals surface area contributed by atoms with Gasteiger partial charge in [0.15, 0.2) is 0 Å². The van der Waals surface area contributed by atoms with Crippen molar-refractivity contribution in [2.45, 2.75) is 46.7 Å². The summed E-state index contributed by atoms with van der Waals surface area (Å²) in [6.45, 7) is 10.7. The Bertz CT molecular complexity index is 337. The van der Waals surface area contributed by atoms with Gasteiger partial charge in [0.25, 0.3) is 0 Å². The van der Waals surface area contributed by atoms with E-state index < -0.39 is 0 Å². The Kier molecular flexibility index (Phi) is 4.51. The summed E-state index contributed by atoms with van der Waals surface area (Å²) in [7, 11) is 0. The fourth-order valence-electron chi connectivity index (χ4n) is 2.44. The van der Waals surface area contributed by atoms with Crippen molar-refractivity contribution >= 4 is 0 Å². The first-order valence-corrected chi connectivity index (χ1v) is 5.90. The highest BCUT2D eigenvalue weighted by Crippen LogP contribution is 2.23. The Balaban J connectivity index is 2.95.